The number of ether oxygens (including phenoxy) is 1. The van der Waals surface area contributed by atoms with Crippen LogP contribution in [0.3, 0.4) is 0 Å². The summed E-state index contributed by atoms with van der Waals surface area (Å²) < 4.78 is 5.23. The first-order chi connectivity index (χ1) is 11.0. The van der Waals surface area contributed by atoms with Crippen molar-refractivity contribution in [3.8, 4) is 5.75 Å². The Kier molecular flexibility index (Phi) is 5.20. The molecule has 0 saturated carbocycles. The van der Waals surface area contributed by atoms with Gasteiger partial charge in [0, 0.05) is 30.6 Å². The number of amides is 2. The van der Waals surface area contributed by atoms with Crippen molar-refractivity contribution < 1.29 is 24.2 Å². The van der Waals surface area contributed by atoms with Gasteiger partial charge in [0.15, 0.2) is 5.78 Å². The largest absolute Gasteiger partial charge is 0.496 e. The molecular formula is C16H20N2O5. The van der Waals surface area contributed by atoms with Crippen LogP contribution < -0.4 is 10.1 Å². The second kappa shape index (κ2) is 7.13. The predicted molar refractivity (Wildman–Crippen MR) is 82.8 cm³/mol. The van der Waals surface area contributed by atoms with Crippen molar-refractivity contribution in [3.05, 3.63) is 29.3 Å². The summed E-state index contributed by atoms with van der Waals surface area (Å²) in [7, 11) is 1.54. The first-order valence-corrected chi connectivity index (χ1v) is 7.39. The van der Waals surface area contributed by atoms with Crippen LogP contribution in [0.25, 0.3) is 0 Å². The van der Waals surface area contributed by atoms with Crippen LogP contribution in [-0.4, -0.2) is 54.0 Å². The average molecular weight is 320 g/mol. The van der Waals surface area contributed by atoms with Gasteiger partial charge in [0.1, 0.15) is 5.75 Å². The van der Waals surface area contributed by atoms with E-state index >= 15 is 0 Å². The maximum absolute atomic E-state index is 12.8. The van der Waals surface area contributed by atoms with Gasteiger partial charge in [-0.05, 0) is 19.4 Å². The molecule has 0 spiro atoms. The monoisotopic (exact) mass is 320 g/mol. The summed E-state index contributed by atoms with van der Waals surface area (Å²) in [5, 5.41) is 10.8. The minimum absolute atomic E-state index is 0.0992. The Hall–Kier alpha value is -2.57. The Balaban J connectivity index is 2.17. The molecule has 7 nitrogen and oxygen atoms in total. The molecule has 23 heavy (non-hydrogen) atoms. The lowest BCUT2D eigenvalue weighted by atomic mass is 9.97. The molecule has 0 aromatic heterocycles. The van der Waals surface area contributed by atoms with Gasteiger partial charge in [-0.2, -0.15) is 0 Å². The molecule has 1 atom stereocenters. The SMILES string of the molecule is COc1cccc(C(=O)[C@@H]2CCC(=O)N2CCNC(=O)O)c1C. The highest BCUT2D eigenvalue weighted by atomic mass is 16.5. The maximum Gasteiger partial charge on any atom is 0.404 e. The highest BCUT2D eigenvalue weighted by molar-refractivity contribution is 6.04. The fourth-order valence-corrected chi connectivity index (χ4v) is 2.85. The zero-order chi connectivity index (χ0) is 17.0. The summed E-state index contributed by atoms with van der Waals surface area (Å²) >= 11 is 0. The highest BCUT2D eigenvalue weighted by Gasteiger charge is 2.36. The molecular weight excluding hydrogens is 300 g/mol. The Morgan fingerprint density at radius 2 is 2.17 bits per heavy atom. The number of rotatable bonds is 6. The van der Waals surface area contributed by atoms with Crippen molar-refractivity contribution in [1.29, 1.82) is 0 Å². The number of benzene rings is 1. The zero-order valence-corrected chi connectivity index (χ0v) is 13.2. The van der Waals surface area contributed by atoms with E-state index in [9.17, 15) is 14.4 Å². The fourth-order valence-electron chi connectivity index (χ4n) is 2.85. The number of hydrogen-bond acceptors (Lipinski definition) is 4. The number of methoxy groups -OCH3 is 1. The number of ketones is 1. The number of likely N-dealkylation sites (tertiary alicyclic amines) is 1. The zero-order valence-electron chi connectivity index (χ0n) is 13.2. The van der Waals surface area contributed by atoms with Crippen LogP contribution in [0.5, 0.6) is 5.75 Å². The minimum atomic E-state index is -1.15. The average Bonchev–Trinajstić information content (AvgIpc) is 2.88. The van der Waals surface area contributed by atoms with Crippen LogP contribution in [0.1, 0.15) is 28.8 Å². The number of Topliss-reactive ketones (excluding diaryl/α,β-unsaturated/α-hetero) is 1. The molecule has 124 valence electrons. The van der Waals surface area contributed by atoms with Gasteiger partial charge >= 0.3 is 6.09 Å². The van der Waals surface area contributed by atoms with Gasteiger partial charge in [-0.25, -0.2) is 4.79 Å². The lowest BCUT2D eigenvalue weighted by molar-refractivity contribution is -0.128. The standard InChI is InChI=1S/C16H20N2O5/c1-10-11(4-3-5-13(10)23-2)15(20)12-6-7-14(19)18(12)9-8-17-16(21)22/h3-5,12,17H,6-9H2,1-2H3,(H,21,22)/t12-/m0/s1. The van der Waals surface area contributed by atoms with E-state index < -0.39 is 12.1 Å². The third kappa shape index (κ3) is 3.61. The molecule has 1 aliphatic rings. The predicted octanol–water partition coefficient (Wildman–Crippen LogP) is 1.44. The van der Waals surface area contributed by atoms with Gasteiger partial charge in [0.05, 0.1) is 13.2 Å². The fraction of sp³-hybridized carbons (Fsp3) is 0.438. The molecule has 2 amide bonds. The molecule has 1 aromatic rings. The second-order valence-corrected chi connectivity index (χ2v) is 5.37. The number of hydrogen-bond donors (Lipinski definition) is 2. The molecule has 1 fully saturated rings. The third-order valence-corrected chi connectivity index (χ3v) is 4.03. The molecule has 0 aliphatic carbocycles. The Morgan fingerprint density at radius 1 is 1.43 bits per heavy atom. The second-order valence-electron chi connectivity index (χ2n) is 5.37. The first kappa shape index (κ1) is 16.8. The van der Waals surface area contributed by atoms with Crippen LogP contribution in [-0.2, 0) is 4.79 Å². The summed E-state index contributed by atoms with van der Waals surface area (Å²) in [4.78, 5) is 36.7. The van der Waals surface area contributed by atoms with Crippen molar-refractivity contribution in [2.24, 2.45) is 0 Å². The smallest absolute Gasteiger partial charge is 0.404 e. The summed E-state index contributed by atoms with van der Waals surface area (Å²) in [5.74, 6) is 0.359. The summed E-state index contributed by atoms with van der Waals surface area (Å²) in [6.07, 6.45) is -0.406. The summed E-state index contributed by atoms with van der Waals surface area (Å²) in [6.45, 7) is 2.09. The van der Waals surface area contributed by atoms with Gasteiger partial charge in [-0.1, -0.05) is 12.1 Å². The Bertz CT molecular complexity index is 629. The van der Waals surface area contributed by atoms with E-state index in [-0.39, 0.29) is 24.8 Å². The highest BCUT2D eigenvalue weighted by Crippen LogP contribution is 2.27. The maximum atomic E-state index is 12.8. The molecule has 1 aromatic carbocycles. The van der Waals surface area contributed by atoms with Gasteiger partial charge in [0.25, 0.3) is 0 Å². The summed E-state index contributed by atoms with van der Waals surface area (Å²) in [6, 6.07) is 4.69. The quantitative estimate of drug-likeness (QED) is 0.773. The van der Waals surface area contributed by atoms with Gasteiger partial charge in [-0.3, -0.25) is 9.59 Å². The molecule has 1 heterocycles. The van der Waals surface area contributed by atoms with Crippen molar-refractivity contribution in [2.75, 3.05) is 20.2 Å². The molecule has 2 rings (SSSR count). The Labute approximate surface area is 134 Å². The molecule has 1 aliphatic heterocycles. The van der Waals surface area contributed by atoms with E-state index in [0.29, 0.717) is 24.2 Å². The molecule has 0 bridgehead atoms. The van der Waals surface area contributed by atoms with Gasteiger partial charge in [-0.15, -0.1) is 0 Å². The van der Waals surface area contributed by atoms with Crippen molar-refractivity contribution in [3.63, 3.8) is 0 Å². The molecule has 0 unspecified atom stereocenters. The van der Waals surface area contributed by atoms with Crippen molar-refractivity contribution in [1.82, 2.24) is 10.2 Å². The lowest BCUT2D eigenvalue weighted by Crippen LogP contribution is -2.43. The van der Waals surface area contributed by atoms with Gasteiger partial charge in [0.2, 0.25) is 5.91 Å². The molecule has 1 saturated heterocycles. The van der Waals surface area contributed by atoms with Crippen molar-refractivity contribution in [2.45, 2.75) is 25.8 Å². The lowest BCUT2D eigenvalue weighted by Gasteiger charge is -2.24. The number of carboxylic acid groups (broad SMARTS) is 1. The van der Waals surface area contributed by atoms with Crippen LogP contribution in [0.15, 0.2) is 18.2 Å². The molecule has 2 N–H and O–H groups in total. The van der Waals surface area contributed by atoms with Gasteiger partial charge < -0.3 is 20.1 Å². The number of nitrogens with zero attached hydrogens (tertiary/aromatic N) is 1. The molecule has 0 radical (unpaired) electrons. The van der Waals surface area contributed by atoms with E-state index in [0.717, 1.165) is 5.56 Å². The topological polar surface area (TPSA) is 95.9 Å². The van der Waals surface area contributed by atoms with E-state index in [2.05, 4.69) is 5.32 Å². The van der Waals surface area contributed by atoms with Crippen LogP contribution in [0.4, 0.5) is 4.79 Å². The van der Waals surface area contributed by atoms with Crippen LogP contribution >= 0.6 is 0 Å². The van der Waals surface area contributed by atoms with Crippen LogP contribution in [0.2, 0.25) is 0 Å². The third-order valence-electron chi connectivity index (χ3n) is 4.03. The summed E-state index contributed by atoms with van der Waals surface area (Å²) in [5.41, 5.74) is 1.27. The van der Waals surface area contributed by atoms with E-state index in [1.54, 1.807) is 32.2 Å². The first-order valence-electron chi connectivity index (χ1n) is 7.39. The normalized spacial score (nSPS) is 17.2. The molecule has 7 heteroatoms. The van der Waals surface area contributed by atoms with Crippen molar-refractivity contribution >= 4 is 17.8 Å². The van der Waals surface area contributed by atoms with Crippen LogP contribution in [0, 0.1) is 6.92 Å². The Morgan fingerprint density at radius 3 is 2.83 bits per heavy atom. The number of nitrogens with one attached hydrogen (secondary N) is 1. The minimum Gasteiger partial charge on any atom is -0.496 e. The van der Waals surface area contributed by atoms with E-state index in [1.807, 2.05) is 0 Å². The van der Waals surface area contributed by atoms with E-state index in [1.165, 1.54) is 4.90 Å². The van der Waals surface area contributed by atoms with E-state index in [4.69, 9.17) is 9.84 Å². The number of carbonyl (C=O) groups is 3. The number of carbonyl (C=O) groups excluding carboxylic acids is 2.